The van der Waals surface area contributed by atoms with E-state index in [9.17, 15) is 9.59 Å². The van der Waals surface area contributed by atoms with Gasteiger partial charge in [0.05, 0.1) is 18.0 Å². The number of pyridine rings is 1. The van der Waals surface area contributed by atoms with Gasteiger partial charge in [-0.25, -0.2) is 4.98 Å². The van der Waals surface area contributed by atoms with Gasteiger partial charge in [-0.15, -0.1) is 4.59 Å². The average Bonchev–Trinajstić information content (AvgIpc) is 3.76. The fourth-order valence-electron chi connectivity index (χ4n) is 6.64. The lowest BCUT2D eigenvalue weighted by Crippen LogP contribution is -2.53. The minimum atomic E-state index is -0.316. The third kappa shape index (κ3) is 3.94. The van der Waals surface area contributed by atoms with Crippen molar-refractivity contribution in [2.45, 2.75) is 50.3 Å². The molecule has 5 aliphatic rings. The van der Waals surface area contributed by atoms with Gasteiger partial charge in [-0.05, 0) is 68.5 Å². The Labute approximate surface area is 226 Å². The number of nitrogens with one attached hydrogen (secondary N) is 1. The summed E-state index contributed by atoms with van der Waals surface area (Å²) in [6, 6.07) is 12.9. The van der Waals surface area contributed by atoms with E-state index >= 15 is 0 Å². The van der Waals surface area contributed by atoms with E-state index in [1.165, 1.54) is 0 Å². The van der Waals surface area contributed by atoms with Gasteiger partial charge in [0, 0.05) is 36.4 Å². The number of fused-ring (bicyclic) bond motifs is 3. The summed E-state index contributed by atoms with van der Waals surface area (Å²) in [6.45, 7) is 0.658. The molecule has 0 spiro atoms. The predicted molar refractivity (Wildman–Crippen MR) is 145 cm³/mol. The lowest BCUT2D eigenvalue weighted by molar-refractivity contribution is -0.750. The standard InChI is InChI=1S/C29H29N7O3/c30-36-14-13-31-17-23(36)26(21-16-20-10-11-22(21)35(20)29(38)24-4-3-15-39-24)34-27(36)18-6-8-19(9-7-18)28(37)33-25-5-1-2-12-32-25/h1-2,5-9,12-14,17,20-22,24H,3-4,10-11,15-16,30H2/p+1. The zero-order chi connectivity index (χ0) is 26.6. The molecule has 5 aliphatic heterocycles. The highest BCUT2D eigenvalue weighted by Gasteiger charge is 2.55. The maximum Gasteiger partial charge on any atom is 0.264 e. The molecule has 1 aromatic carbocycles. The quantitative estimate of drug-likeness (QED) is 0.460. The van der Waals surface area contributed by atoms with Crippen LogP contribution in [-0.2, 0) is 9.53 Å². The Hall–Kier alpha value is -3.99. The Morgan fingerprint density at radius 1 is 1.10 bits per heavy atom. The second-order valence-electron chi connectivity index (χ2n) is 10.7. The average molecular weight is 525 g/mol. The van der Waals surface area contributed by atoms with Gasteiger partial charge in [-0.3, -0.25) is 14.6 Å². The van der Waals surface area contributed by atoms with Crippen LogP contribution in [0.3, 0.4) is 0 Å². The first-order valence-electron chi connectivity index (χ1n) is 13.5. The first-order valence-corrected chi connectivity index (χ1v) is 13.5. The fourth-order valence-corrected chi connectivity index (χ4v) is 6.64. The van der Waals surface area contributed by atoms with Gasteiger partial charge in [0.15, 0.2) is 0 Å². The molecule has 6 heterocycles. The van der Waals surface area contributed by atoms with E-state index in [0.717, 1.165) is 49.1 Å². The van der Waals surface area contributed by atoms with Gasteiger partial charge in [-0.2, -0.15) is 10.8 Å². The van der Waals surface area contributed by atoms with Gasteiger partial charge in [-0.1, -0.05) is 6.07 Å². The van der Waals surface area contributed by atoms with Gasteiger partial charge in [0.25, 0.3) is 17.6 Å². The molecule has 2 aromatic rings. The molecular weight excluding hydrogens is 494 g/mol. The largest absolute Gasteiger partial charge is 0.368 e. The van der Waals surface area contributed by atoms with Crippen molar-refractivity contribution in [1.82, 2.24) is 9.88 Å². The maximum absolute atomic E-state index is 13.3. The monoisotopic (exact) mass is 524 g/mol. The molecule has 5 atom stereocenters. The minimum Gasteiger partial charge on any atom is -0.368 e. The van der Waals surface area contributed by atoms with E-state index in [-0.39, 0.29) is 40.5 Å². The van der Waals surface area contributed by atoms with E-state index < -0.39 is 0 Å². The summed E-state index contributed by atoms with van der Waals surface area (Å²) in [7, 11) is 0. The molecule has 3 N–H and O–H groups in total. The van der Waals surface area contributed by atoms with Crippen molar-refractivity contribution >= 4 is 29.7 Å². The van der Waals surface area contributed by atoms with Crippen LogP contribution in [0.4, 0.5) is 5.82 Å². The van der Waals surface area contributed by atoms with E-state index in [1.807, 2.05) is 24.4 Å². The number of nitrogens with two attached hydrogens (primary N) is 1. The lowest BCUT2D eigenvalue weighted by atomic mass is 9.86. The van der Waals surface area contributed by atoms with Crippen molar-refractivity contribution in [2.24, 2.45) is 21.7 Å². The van der Waals surface area contributed by atoms with Crippen LogP contribution in [0.1, 0.15) is 48.0 Å². The zero-order valence-electron chi connectivity index (χ0n) is 21.4. The van der Waals surface area contributed by atoms with Crippen molar-refractivity contribution in [2.75, 3.05) is 11.9 Å². The number of hydrogen-bond acceptors (Lipinski definition) is 7. The molecule has 198 valence electrons. The Kier molecular flexibility index (Phi) is 5.76. The molecule has 10 heteroatoms. The summed E-state index contributed by atoms with van der Waals surface area (Å²) in [5.74, 6) is 8.10. The van der Waals surface area contributed by atoms with Gasteiger partial charge in [0.1, 0.15) is 23.8 Å². The maximum atomic E-state index is 13.3. The summed E-state index contributed by atoms with van der Waals surface area (Å²) in [4.78, 5) is 41.8. The topological polar surface area (TPSA) is 122 Å². The second-order valence-corrected chi connectivity index (χ2v) is 10.7. The molecule has 10 nitrogen and oxygen atoms in total. The zero-order valence-corrected chi connectivity index (χ0v) is 21.4. The Bertz CT molecular complexity index is 1440. The summed E-state index contributed by atoms with van der Waals surface area (Å²) >= 11 is 0. The minimum absolute atomic E-state index is 0.0859. The number of anilines is 1. The third-order valence-corrected chi connectivity index (χ3v) is 8.48. The normalized spacial score (nSPS) is 30.6. The number of benzene rings is 1. The third-order valence-electron chi connectivity index (χ3n) is 8.48. The predicted octanol–water partition coefficient (Wildman–Crippen LogP) is 3.11. The summed E-state index contributed by atoms with van der Waals surface area (Å²) in [5.41, 5.74) is 3.04. The Balaban J connectivity index is 1.17. The number of aliphatic imine (C=N–C) groups is 2. The number of amidine groups is 1. The summed E-state index contributed by atoms with van der Waals surface area (Å²) in [5, 5.41) is 2.81. The lowest BCUT2D eigenvalue weighted by Gasteiger charge is -2.28. The first-order chi connectivity index (χ1) is 19.0. The number of quaternary nitrogens is 1. The van der Waals surface area contributed by atoms with E-state index in [0.29, 0.717) is 23.8 Å². The van der Waals surface area contributed by atoms with Crippen LogP contribution in [0.25, 0.3) is 0 Å². The molecule has 0 aliphatic carbocycles. The first kappa shape index (κ1) is 24.1. The van der Waals surface area contributed by atoms with Crippen LogP contribution >= 0.6 is 0 Å². The SMILES string of the molecule is N[N+]12C=CN=CC1=C(C1CC3CCC1N3C(=O)C1CCCO1)N=C2c1ccc(C(=O)Nc2ccccn2)cc1. The molecule has 1 aromatic heterocycles. The molecule has 5 unspecified atom stereocenters. The molecule has 2 bridgehead atoms. The van der Waals surface area contributed by atoms with Crippen LogP contribution in [0.5, 0.6) is 0 Å². The molecule has 0 saturated carbocycles. The van der Waals surface area contributed by atoms with Crippen LogP contribution in [-0.4, -0.2) is 63.1 Å². The van der Waals surface area contributed by atoms with E-state index in [1.54, 1.807) is 42.9 Å². The smallest absolute Gasteiger partial charge is 0.264 e. The number of aromatic nitrogens is 1. The fraction of sp³-hybridized carbons (Fsp3) is 0.345. The summed E-state index contributed by atoms with van der Waals surface area (Å²) < 4.78 is 5.64. The molecular formula is C29H30N7O3+. The molecule has 39 heavy (non-hydrogen) atoms. The van der Waals surface area contributed by atoms with Crippen molar-refractivity contribution in [1.29, 1.82) is 0 Å². The molecule has 0 radical (unpaired) electrons. The summed E-state index contributed by atoms with van der Waals surface area (Å²) in [6.07, 6.45) is 11.2. The second kappa shape index (κ2) is 9.33. The highest BCUT2D eigenvalue weighted by atomic mass is 16.5. The van der Waals surface area contributed by atoms with Crippen molar-refractivity contribution in [3.63, 3.8) is 0 Å². The molecule has 3 fully saturated rings. The van der Waals surface area contributed by atoms with Crippen LogP contribution in [0, 0.1) is 5.92 Å². The van der Waals surface area contributed by atoms with Crippen LogP contribution < -0.4 is 11.2 Å². The number of amides is 2. The van der Waals surface area contributed by atoms with Gasteiger partial charge >= 0.3 is 0 Å². The van der Waals surface area contributed by atoms with Crippen molar-refractivity contribution in [3.05, 3.63) is 83.6 Å². The number of ether oxygens (including phenoxy) is 1. The number of carbonyl (C=O) groups is 2. The molecule has 7 rings (SSSR count). The van der Waals surface area contributed by atoms with Crippen LogP contribution in [0.2, 0.25) is 0 Å². The van der Waals surface area contributed by atoms with Crippen LogP contribution in [0.15, 0.2) is 82.4 Å². The van der Waals surface area contributed by atoms with Gasteiger partial charge in [0.2, 0.25) is 5.70 Å². The van der Waals surface area contributed by atoms with Crippen molar-refractivity contribution in [3.8, 4) is 0 Å². The van der Waals surface area contributed by atoms with E-state index in [2.05, 4.69) is 20.2 Å². The van der Waals surface area contributed by atoms with E-state index in [4.69, 9.17) is 15.6 Å². The Morgan fingerprint density at radius 2 is 1.97 bits per heavy atom. The number of allylic oxidation sites excluding steroid dienone is 1. The Morgan fingerprint density at radius 3 is 2.74 bits per heavy atom. The van der Waals surface area contributed by atoms with Crippen molar-refractivity contribution < 1.29 is 18.9 Å². The number of nitrogens with zero attached hydrogens (tertiary/aromatic N) is 5. The molecule has 2 amide bonds. The van der Waals surface area contributed by atoms with Gasteiger partial charge < -0.3 is 15.0 Å². The molecule has 3 saturated heterocycles. The highest BCUT2D eigenvalue weighted by molar-refractivity contribution is 6.05. The number of rotatable bonds is 5. The highest BCUT2D eigenvalue weighted by Crippen LogP contribution is 2.49. The number of hydrogen-bond donors (Lipinski definition) is 2. The number of carbonyl (C=O) groups excluding carboxylic acids is 2.